The Morgan fingerprint density at radius 3 is 2.46 bits per heavy atom. The zero-order valence-corrected chi connectivity index (χ0v) is 13.7. The third-order valence-corrected chi connectivity index (χ3v) is 4.24. The van der Waals surface area contributed by atoms with Gasteiger partial charge in [0.25, 0.3) is 5.91 Å². The van der Waals surface area contributed by atoms with Crippen molar-refractivity contribution in [2.45, 2.75) is 19.8 Å². The number of hydrogen-bond donors (Lipinski definition) is 2. The highest BCUT2D eigenvalue weighted by molar-refractivity contribution is 5.97. The van der Waals surface area contributed by atoms with Gasteiger partial charge >= 0.3 is 0 Å². The number of hydrogen-bond acceptors (Lipinski definition) is 4. The van der Waals surface area contributed by atoms with Crippen LogP contribution in [0.1, 0.15) is 40.5 Å². The summed E-state index contributed by atoms with van der Waals surface area (Å²) in [5.74, 6) is 0.0440. The van der Waals surface area contributed by atoms with Crippen molar-refractivity contribution < 1.29 is 9.59 Å². The normalized spacial score (nSPS) is 13.8. The maximum atomic E-state index is 12.4. The van der Waals surface area contributed by atoms with Crippen molar-refractivity contribution in [1.29, 1.82) is 0 Å². The van der Waals surface area contributed by atoms with Crippen molar-refractivity contribution in [2.24, 2.45) is 0 Å². The molecular formula is C19H21N3O2. The van der Waals surface area contributed by atoms with Crippen LogP contribution in [0.4, 0.5) is 17.1 Å². The molecule has 2 aromatic rings. The van der Waals surface area contributed by atoms with E-state index in [-0.39, 0.29) is 11.7 Å². The lowest BCUT2D eigenvalue weighted by Crippen LogP contribution is -2.27. The fraction of sp³-hybridized carbons (Fsp3) is 0.263. The van der Waals surface area contributed by atoms with Crippen LogP contribution in [0.15, 0.2) is 42.5 Å². The molecule has 0 radical (unpaired) electrons. The largest absolute Gasteiger partial charge is 0.397 e. The molecule has 24 heavy (non-hydrogen) atoms. The lowest BCUT2D eigenvalue weighted by Gasteiger charge is -2.16. The number of nitrogen functional groups attached to an aromatic ring is 1. The Kier molecular flexibility index (Phi) is 4.51. The molecule has 3 rings (SSSR count). The summed E-state index contributed by atoms with van der Waals surface area (Å²) in [6.45, 7) is 3.17. The SMILES string of the molecule is CC(=O)c1cccc(Nc2ccc(C(=O)N3CCCC3)cc2N)c1. The van der Waals surface area contributed by atoms with Gasteiger partial charge in [-0.2, -0.15) is 0 Å². The summed E-state index contributed by atoms with van der Waals surface area (Å²) in [6.07, 6.45) is 2.13. The summed E-state index contributed by atoms with van der Waals surface area (Å²) in [5, 5.41) is 3.20. The summed E-state index contributed by atoms with van der Waals surface area (Å²) in [6, 6.07) is 12.5. The van der Waals surface area contributed by atoms with E-state index in [2.05, 4.69) is 5.32 Å². The summed E-state index contributed by atoms with van der Waals surface area (Å²) in [4.78, 5) is 25.7. The minimum absolute atomic E-state index is 0.0122. The molecule has 5 heteroatoms. The number of amides is 1. The van der Waals surface area contributed by atoms with Crippen LogP contribution in [-0.2, 0) is 0 Å². The monoisotopic (exact) mass is 323 g/mol. The minimum Gasteiger partial charge on any atom is -0.397 e. The van der Waals surface area contributed by atoms with Crippen molar-refractivity contribution in [3.05, 3.63) is 53.6 Å². The zero-order chi connectivity index (χ0) is 17.1. The number of anilines is 3. The van der Waals surface area contributed by atoms with Crippen LogP contribution in [-0.4, -0.2) is 29.7 Å². The van der Waals surface area contributed by atoms with Crippen molar-refractivity contribution in [2.75, 3.05) is 24.1 Å². The molecule has 124 valence electrons. The number of nitrogens with one attached hydrogen (secondary N) is 1. The summed E-state index contributed by atoms with van der Waals surface area (Å²) >= 11 is 0. The molecular weight excluding hydrogens is 302 g/mol. The smallest absolute Gasteiger partial charge is 0.253 e. The number of Topliss-reactive ketones (excluding diaryl/α,β-unsaturated/α-hetero) is 1. The van der Waals surface area contributed by atoms with Gasteiger partial charge in [0.05, 0.1) is 11.4 Å². The molecule has 3 N–H and O–H groups in total. The molecule has 1 aliphatic heterocycles. The Morgan fingerprint density at radius 1 is 1.04 bits per heavy atom. The summed E-state index contributed by atoms with van der Waals surface area (Å²) in [5.41, 5.74) is 9.36. The number of nitrogens with two attached hydrogens (primary N) is 1. The second-order valence-corrected chi connectivity index (χ2v) is 6.06. The first-order valence-corrected chi connectivity index (χ1v) is 8.11. The van der Waals surface area contributed by atoms with E-state index in [0.717, 1.165) is 31.6 Å². The number of nitrogens with zero attached hydrogens (tertiary/aromatic N) is 1. The lowest BCUT2D eigenvalue weighted by molar-refractivity contribution is 0.0792. The number of benzene rings is 2. The average Bonchev–Trinajstić information content (AvgIpc) is 3.11. The number of carbonyl (C=O) groups is 2. The summed E-state index contributed by atoms with van der Waals surface area (Å²) in [7, 11) is 0. The van der Waals surface area contributed by atoms with E-state index >= 15 is 0 Å². The molecule has 1 heterocycles. The highest BCUT2D eigenvalue weighted by Gasteiger charge is 2.19. The molecule has 1 saturated heterocycles. The van der Waals surface area contributed by atoms with E-state index in [1.807, 2.05) is 17.0 Å². The Morgan fingerprint density at radius 2 is 1.79 bits per heavy atom. The maximum Gasteiger partial charge on any atom is 0.253 e. The fourth-order valence-electron chi connectivity index (χ4n) is 2.88. The van der Waals surface area contributed by atoms with E-state index < -0.39 is 0 Å². The van der Waals surface area contributed by atoms with Gasteiger partial charge in [0.1, 0.15) is 0 Å². The van der Waals surface area contributed by atoms with Gasteiger partial charge in [0.15, 0.2) is 5.78 Å². The standard InChI is InChI=1S/C19H21N3O2/c1-13(23)14-5-4-6-16(11-14)21-18-8-7-15(12-17(18)20)19(24)22-9-2-3-10-22/h4-8,11-12,21H,2-3,9-10,20H2,1H3. The van der Waals surface area contributed by atoms with E-state index in [1.54, 1.807) is 30.3 Å². The first kappa shape index (κ1) is 16.1. The molecule has 1 aliphatic rings. The van der Waals surface area contributed by atoms with Crippen LogP contribution in [0.5, 0.6) is 0 Å². The van der Waals surface area contributed by atoms with Crippen LogP contribution in [0, 0.1) is 0 Å². The lowest BCUT2D eigenvalue weighted by atomic mass is 10.1. The second-order valence-electron chi connectivity index (χ2n) is 6.06. The Hall–Kier alpha value is -2.82. The molecule has 0 spiro atoms. The molecule has 0 aromatic heterocycles. The Balaban J connectivity index is 1.78. The third-order valence-electron chi connectivity index (χ3n) is 4.24. The van der Waals surface area contributed by atoms with E-state index in [1.165, 1.54) is 6.92 Å². The predicted octanol–water partition coefficient (Wildman–Crippen LogP) is 3.45. The van der Waals surface area contributed by atoms with Gasteiger partial charge in [0.2, 0.25) is 0 Å². The first-order chi connectivity index (χ1) is 11.5. The first-order valence-electron chi connectivity index (χ1n) is 8.11. The molecule has 5 nitrogen and oxygen atoms in total. The molecule has 0 saturated carbocycles. The van der Waals surface area contributed by atoms with Gasteiger partial charge in [-0.15, -0.1) is 0 Å². The molecule has 0 unspecified atom stereocenters. The summed E-state index contributed by atoms with van der Waals surface area (Å²) < 4.78 is 0. The van der Waals surface area contributed by atoms with E-state index in [4.69, 9.17) is 5.73 Å². The molecule has 2 aromatic carbocycles. The van der Waals surface area contributed by atoms with Crippen LogP contribution in [0.25, 0.3) is 0 Å². The van der Waals surface area contributed by atoms with E-state index in [9.17, 15) is 9.59 Å². The van der Waals surface area contributed by atoms with Crippen LogP contribution in [0.2, 0.25) is 0 Å². The zero-order valence-electron chi connectivity index (χ0n) is 13.7. The quantitative estimate of drug-likeness (QED) is 0.667. The Labute approximate surface area is 141 Å². The van der Waals surface area contributed by atoms with Crippen LogP contribution in [0.3, 0.4) is 0 Å². The molecule has 1 amide bonds. The van der Waals surface area contributed by atoms with Crippen molar-refractivity contribution in [1.82, 2.24) is 4.90 Å². The predicted molar refractivity (Wildman–Crippen MR) is 95.7 cm³/mol. The van der Waals surface area contributed by atoms with Crippen LogP contribution < -0.4 is 11.1 Å². The van der Waals surface area contributed by atoms with Crippen molar-refractivity contribution >= 4 is 28.8 Å². The van der Waals surface area contributed by atoms with Gasteiger partial charge < -0.3 is 16.0 Å². The number of likely N-dealkylation sites (tertiary alicyclic amines) is 1. The second kappa shape index (κ2) is 6.74. The van der Waals surface area contributed by atoms with Crippen molar-refractivity contribution in [3.8, 4) is 0 Å². The average molecular weight is 323 g/mol. The van der Waals surface area contributed by atoms with E-state index in [0.29, 0.717) is 22.5 Å². The van der Waals surface area contributed by atoms with Gasteiger partial charge in [-0.3, -0.25) is 9.59 Å². The third kappa shape index (κ3) is 3.40. The van der Waals surface area contributed by atoms with Gasteiger partial charge in [-0.05, 0) is 50.1 Å². The highest BCUT2D eigenvalue weighted by atomic mass is 16.2. The number of carbonyl (C=O) groups excluding carboxylic acids is 2. The molecule has 0 bridgehead atoms. The minimum atomic E-state index is 0.0122. The Bertz CT molecular complexity index is 780. The van der Waals surface area contributed by atoms with Crippen LogP contribution >= 0.6 is 0 Å². The highest BCUT2D eigenvalue weighted by Crippen LogP contribution is 2.26. The van der Waals surface area contributed by atoms with Gasteiger partial charge in [-0.1, -0.05) is 12.1 Å². The number of rotatable bonds is 4. The molecule has 0 aliphatic carbocycles. The fourth-order valence-corrected chi connectivity index (χ4v) is 2.88. The molecule has 0 atom stereocenters. The van der Waals surface area contributed by atoms with Gasteiger partial charge in [0, 0.05) is 29.9 Å². The maximum absolute atomic E-state index is 12.4. The molecule has 1 fully saturated rings. The number of ketones is 1. The van der Waals surface area contributed by atoms with Crippen molar-refractivity contribution in [3.63, 3.8) is 0 Å². The van der Waals surface area contributed by atoms with Gasteiger partial charge in [-0.25, -0.2) is 0 Å². The topological polar surface area (TPSA) is 75.4 Å².